The van der Waals surface area contributed by atoms with Gasteiger partial charge in [-0.3, -0.25) is 0 Å². The normalized spacial score (nSPS) is 12.7. The Morgan fingerprint density at radius 2 is 1.77 bits per heavy atom. The van der Waals surface area contributed by atoms with Gasteiger partial charge in [0.15, 0.2) is 0 Å². The number of fused-ring (bicyclic) bond motifs is 1. The molecule has 1 heterocycles. The van der Waals surface area contributed by atoms with Gasteiger partial charge in [-0.1, -0.05) is 30.3 Å². The lowest BCUT2D eigenvalue weighted by Gasteiger charge is -2.15. The molecule has 0 amide bonds. The molecule has 0 radical (unpaired) electrons. The predicted octanol–water partition coefficient (Wildman–Crippen LogP) is 3.87. The standard InChI is InChI=1S/C19H21NO2/c1-13-8-16-10-17(22-19(16)9-14(13)2)11-20-18(12-21)15-6-4-3-5-7-15/h3-10,18,20-21H,11-12H2,1-2H3/t18-/m1/s1. The summed E-state index contributed by atoms with van der Waals surface area (Å²) in [6, 6.07) is 16.2. The minimum absolute atomic E-state index is 0.0580. The Kier molecular flexibility index (Phi) is 4.27. The molecule has 1 atom stereocenters. The Bertz CT molecular complexity index is 723. The van der Waals surface area contributed by atoms with Crippen LogP contribution in [0, 0.1) is 13.8 Å². The van der Waals surface area contributed by atoms with Crippen molar-refractivity contribution >= 4 is 11.0 Å². The molecule has 3 aromatic rings. The van der Waals surface area contributed by atoms with Gasteiger partial charge in [-0.25, -0.2) is 0 Å². The van der Waals surface area contributed by atoms with Crippen LogP contribution >= 0.6 is 0 Å². The highest BCUT2D eigenvalue weighted by atomic mass is 16.3. The maximum atomic E-state index is 9.58. The van der Waals surface area contributed by atoms with Crippen LogP contribution in [0.5, 0.6) is 0 Å². The lowest BCUT2D eigenvalue weighted by Crippen LogP contribution is -2.23. The highest BCUT2D eigenvalue weighted by Crippen LogP contribution is 2.23. The van der Waals surface area contributed by atoms with Crippen LogP contribution in [0.15, 0.2) is 52.9 Å². The van der Waals surface area contributed by atoms with E-state index in [4.69, 9.17) is 4.42 Å². The van der Waals surface area contributed by atoms with E-state index in [-0.39, 0.29) is 12.6 Å². The van der Waals surface area contributed by atoms with E-state index in [0.29, 0.717) is 6.54 Å². The predicted molar refractivity (Wildman–Crippen MR) is 88.8 cm³/mol. The second-order valence-electron chi connectivity index (χ2n) is 5.71. The van der Waals surface area contributed by atoms with Crippen molar-refractivity contribution < 1.29 is 9.52 Å². The number of hydrogen-bond acceptors (Lipinski definition) is 3. The number of furan rings is 1. The van der Waals surface area contributed by atoms with Crippen LogP contribution in [0.4, 0.5) is 0 Å². The lowest BCUT2D eigenvalue weighted by molar-refractivity contribution is 0.241. The molecule has 22 heavy (non-hydrogen) atoms. The van der Waals surface area contributed by atoms with E-state index in [9.17, 15) is 5.11 Å². The number of aliphatic hydroxyl groups is 1. The summed E-state index contributed by atoms with van der Waals surface area (Å²) in [4.78, 5) is 0. The minimum atomic E-state index is -0.0853. The van der Waals surface area contributed by atoms with Crippen LogP contribution < -0.4 is 5.32 Å². The summed E-state index contributed by atoms with van der Waals surface area (Å²) >= 11 is 0. The summed E-state index contributed by atoms with van der Waals surface area (Å²) in [5.41, 5.74) is 4.50. The molecular weight excluding hydrogens is 274 g/mol. The third-order valence-electron chi connectivity index (χ3n) is 4.09. The number of benzene rings is 2. The molecule has 0 spiro atoms. The summed E-state index contributed by atoms with van der Waals surface area (Å²) in [6.45, 7) is 4.85. The van der Waals surface area contributed by atoms with Crippen molar-refractivity contribution in [3.63, 3.8) is 0 Å². The number of hydrogen-bond donors (Lipinski definition) is 2. The molecule has 0 aliphatic heterocycles. The van der Waals surface area contributed by atoms with Crippen LogP contribution in [0.3, 0.4) is 0 Å². The Morgan fingerprint density at radius 1 is 1.05 bits per heavy atom. The number of aliphatic hydroxyl groups excluding tert-OH is 1. The molecule has 2 N–H and O–H groups in total. The zero-order valence-corrected chi connectivity index (χ0v) is 13.0. The number of rotatable bonds is 5. The molecule has 0 saturated carbocycles. The molecular formula is C19H21NO2. The average molecular weight is 295 g/mol. The Morgan fingerprint density at radius 3 is 2.50 bits per heavy atom. The van der Waals surface area contributed by atoms with Crippen LogP contribution in [-0.4, -0.2) is 11.7 Å². The summed E-state index contributed by atoms with van der Waals surface area (Å²) in [5, 5.41) is 14.1. The van der Waals surface area contributed by atoms with Gasteiger partial charge < -0.3 is 14.8 Å². The first-order valence-electron chi connectivity index (χ1n) is 7.56. The summed E-state index contributed by atoms with van der Waals surface area (Å²) in [6.07, 6.45) is 0. The van der Waals surface area contributed by atoms with Crippen molar-refractivity contribution in [2.45, 2.75) is 26.4 Å². The molecule has 3 heteroatoms. The van der Waals surface area contributed by atoms with Crippen molar-refractivity contribution in [1.82, 2.24) is 5.32 Å². The zero-order chi connectivity index (χ0) is 15.5. The Labute approximate surface area is 130 Å². The van der Waals surface area contributed by atoms with E-state index in [1.54, 1.807) is 0 Å². The quantitative estimate of drug-likeness (QED) is 0.751. The molecule has 2 aromatic carbocycles. The van der Waals surface area contributed by atoms with E-state index in [2.05, 4.69) is 37.4 Å². The van der Waals surface area contributed by atoms with E-state index in [1.165, 1.54) is 11.1 Å². The third kappa shape index (κ3) is 3.06. The van der Waals surface area contributed by atoms with E-state index >= 15 is 0 Å². The lowest BCUT2D eigenvalue weighted by atomic mass is 10.1. The fourth-order valence-electron chi connectivity index (χ4n) is 2.64. The molecule has 0 fully saturated rings. The highest BCUT2D eigenvalue weighted by molar-refractivity contribution is 5.79. The maximum absolute atomic E-state index is 9.58. The number of aryl methyl sites for hydroxylation is 2. The Hall–Kier alpha value is -2.10. The zero-order valence-electron chi connectivity index (χ0n) is 13.0. The summed E-state index contributed by atoms with van der Waals surface area (Å²) in [7, 11) is 0. The fraction of sp³-hybridized carbons (Fsp3) is 0.263. The van der Waals surface area contributed by atoms with Gasteiger partial charge in [0.1, 0.15) is 11.3 Å². The monoisotopic (exact) mass is 295 g/mol. The minimum Gasteiger partial charge on any atom is -0.460 e. The smallest absolute Gasteiger partial charge is 0.134 e. The van der Waals surface area contributed by atoms with Crippen LogP contribution in [0.2, 0.25) is 0 Å². The van der Waals surface area contributed by atoms with Crippen molar-refractivity contribution in [3.8, 4) is 0 Å². The van der Waals surface area contributed by atoms with Crippen LogP contribution in [0.25, 0.3) is 11.0 Å². The average Bonchev–Trinajstić information content (AvgIpc) is 2.91. The molecule has 3 nitrogen and oxygen atoms in total. The van der Waals surface area contributed by atoms with Crippen molar-refractivity contribution in [1.29, 1.82) is 0 Å². The van der Waals surface area contributed by atoms with Crippen LogP contribution in [0.1, 0.15) is 28.5 Å². The molecule has 0 unspecified atom stereocenters. The van der Waals surface area contributed by atoms with Gasteiger partial charge in [0.05, 0.1) is 19.2 Å². The Balaban J connectivity index is 1.75. The van der Waals surface area contributed by atoms with Gasteiger partial charge >= 0.3 is 0 Å². The van der Waals surface area contributed by atoms with E-state index in [1.807, 2.05) is 30.3 Å². The molecule has 0 aliphatic rings. The first kappa shape index (κ1) is 14.8. The van der Waals surface area contributed by atoms with Gasteiger partial charge in [-0.2, -0.15) is 0 Å². The van der Waals surface area contributed by atoms with Gasteiger partial charge in [0.2, 0.25) is 0 Å². The highest BCUT2D eigenvalue weighted by Gasteiger charge is 2.11. The SMILES string of the molecule is Cc1cc2cc(CN[C@H](CO)c3ccccc3)oc2cc1C. The summed E-state index contributed by atoms with van der Waals surface area (Å²) in [5.74, 6) is 0.884. The summed E-state index contributed by atoms with van der Waals surface area (Å²) < 4.78 is 5.89. The van der Waals surface area contributed by atoms with E-state index in [0.717, 1.165) is 22.3 Å². The number of nitrogens with one attached hydrogen (secondary N) is 1. The van der Waals surface area contributed by atoms with Crippen molar-refractivity contribution in [2.24, 2.45) is 0 Å². The second kappa shape index (κ2) is 6.34. The molecule has 0 bridgehead atoms. The molecule has 0 aliphatic carbocycles. The van der Waals surface area contributed by atoms with Crippen molar-refractivity contribution in [3.05, 3.63) is 71.0 Å². The first-order chi connectivity index (χ1) is 10.7. The topological polar surface area (TPSA) is 45.4 Å². The second-order valence-corrected chi connectivity index (χ2v) is 5.71. The first-order valence-corrected chi connectivity index (χ1v) is 7.56. The van der Waals surface area contributed by atoms with Gasteiger partial charge in [-0.05, 0) is 48.7 Å². The molecule has 114 valence electrons. The maximum Gasteiger partial charge on any atom is 0.134 e. The largest absolute Gasteiger partial charge is 0.460 e. The molecule has 3 rings (SSSR count). The van der Waals surface area contributed by atoms with E-state index < -0.39 is 0 Å². The van der Waals surface area contributed by atoms with Crippen LogP contribution in [-0.2, 0) is 6.54 Å². The van der Waals surface area contributed by atoms with Gasteiger partial charge in [-0.15, -0.1) is 0 Å². The van der Waals surface area contributed by atoms with Gasteiger partial charge in [0, 0.05) is 5.39 Å². The van der Waals surface area contributed by atoms with Crippen molar-refractivity contribution in [2.75, 3.05) is 6.61 Å². The van der Waals surface area contributed by atoms with Gasteiger partial charge in [0.25, 0.3) is 0 Å². The molecule has 0 saturated heterocycles. The third-order valence-corrected chi connectivity index (χ3v) is 4.09. The molecule has 1 aromatic heterocycles. The fourth-order valence-corrected chi connectivity index (χ4v) is 2.64.